The summed E-state index contributed by atoms with van der Waals surface area (Å²) in [5.41, 5.74) is 7.53. The van der Waals surface area contributed by atoms with E-state index in [1.54, 1.807) is 11.3 Å². The van der Waals surface area contributed by atoms with Crippen molar-refractivity contribution in [3.05, 3.63) is 39.8 Å². The molecule has 3 N–H and O–H groups in total. The molecule has 0 saturated carbocycles. The van der Waals surface area contributed by atoms with Gasteiger partial charge < -0.3 is 15.5 Å². The predicted molar refractivity (Wildman–Crippen MR) is 91.7 cm³/mol. The Kier molecular flexibility index (Phi) is 4.12. The lowest BCUT2D eigenvalue weighted by molar-refractivity contribution is 0.652. The van der Waals surface area contributed by atoms with Crippen molar-refractivity contribution in [2.45, 2.75) is 0 Å². The first kappa shape index (κ1) is 14.3. The van der Waals surface area contributed by atoms with Crippen molar-refractivity contribution in [1.82, 2.24) is 4.98 Å². The van der Waals surface area contributed by atoms with E-state index < -0.39 is 0 Å². The Bertz CT molecular complexity index is 635. The first-order valence-corrected chi connectivity index (χ1v) is 8.36. The maximum atomic E-state index is 7.76. The van der Waals surface area contributed by atoms with Crippen LogP contribution in [0.1, 0.15) is 5.56 Å². The fourth-order valence-electron chi connectivity index (χ4n) is 2.51. The van der Waals surface area contributed by atoms with Gasteiger partial charge in [-0.1, -0.05) is 15.9 Å². The number of hydrogen-bond acceptors (Lipinski definition) is 5. The fraction of sp³-hybridized carbons (Fsp3) is 0.286. The minimum Gasteiger partial charge on any atom is -0.384 e. The van der Waals surface area contributed by atoms with Gasteiger partial charge in [0, 0.05) is 53.5 Å². The normalized spacial score (nSPS) is 15.3. The summed E-state index contributed by atoms with van der Waals surface area (Å²) in [6.45, 7) is 3.67. The summed E-state index contributed by atoms with van der Waals surface area (Å²) in [6, 6.07) is 5.93. The lowest BCUT2D eigenvalue weighted by atomic mass is 10.1. The Labute approximate surface area is 136 Å². The van der Waals surface area contributed by atoms with E-state index in [-0.39, 0.29) is 5.84 Å². The standard InChI is InChI=1S/C14H16BrN5S/c15-10-1-2-12(11(9-10)13(16)17)19-4-6-20(7-5-19)14-18-3-8-21-14/h1-3,8-9H,4-7H2,(H3,16,17). The van der Waals surface area contributed by atoms with Crippen LogP contribution >= 0.6 is 27.3 Å². The minimum absolute atomic E-state index is 0.105. The van der Waals surface area contributed by atoms with Crippen LogP contribution in [0.5, 0.6) is 0 Å². The summed E-state index contributed by atoms with van der Waals surface area (Å²) in [7, 11) is 0. The highest BCUT2D eigenvalue weighted by Crippen LogP contribution is 2.27. The molecule has 2 aromatic rings. The van der Waals surface area contributed by atoms with Crippen LogP contribution in [0.4, 0.5) is 10.8 Å². The number of aromatic nitrogens is 1. The van der Waals surface area contributed by atoms with E-state index in [9.17, 15) is 0 Å². The van der Waals surface area contributed by atoms with Crippen molar-refractivity contribution in [1.29, 1.82) is 5.41 Å². The molecule has 1 fully saturated rings. The van der Waals surface area contributed by atoms with Crippen LogP contribution in [0.15, 0.2) is 34.2 Å². The molecule has 0 bridgehead atoms. The lowest BCUT2D eigenvalue weighted by Gasteiger charge is -2.36. The second-order valence-corrected chi connectivity index (χ2v) is 6.65. The molecule has 1 aromatic heterocycles. The maximum Gasteiger partial charge on any atom is 0.185 e. The smallest absolute Gasteiger partial charge is 0.185 e. The van der Waals surface area contributed by atoms with Crippen molar-refractivity contribution in [3.63, 3.8) is 0 Å². The first-order valence-electron chi connectivity index (χ1n) is 6.68. The Morgan fingerprint density at radius 3 is 2.57 bits per heavy atom. The van der Waals surface area contributed by atoms with Crippen LogP contribution in [0.3, 0.4) is 0 Å². The van der Waals surface area contributed by atoms with Crippen LogP contribution < -0.4 is 15.5 Å². The number of rotatable bonds is 3. The van der Waals surface area contributed by atoms with Crippen LogP contribution in [-0.4, -0.2) is 37.0 Å². The second-order valence-electron chi connectivity index (χ2n) is 4.86. The summed E-state index contributed by atoms with van der Waals surface area (Å²) in [4.78, 5) is 8.94. The average molecular weight is 366 g/mol. The molecule has 2 heterocycles. The third kappa shape index (κ3) is 3.03. The monoisotopic (exact) mass is 365 g/mol. The van der Waals surface area contributed by atoms with Crippen molar-refractivity contribution in [2.24, 2.45) is 5.73 Å². The van der Waals surface area contributed by atoms with Crippen LogP contribution in [0.2, 0.25) is 0 Å². The molecule has 3 rings (SSSR count). The van der Waals surface area contributed by atoms with Gasteiger partial charge >= 0.3 is 0 Å². The number of nitrogens with two attached hydrogens (primary N) is 1. The molecule has 21 heavy (non-hydrogen) atoms. The van der Waals surface area contributed by atoms with Crippen molar-refractivity contribution in [3.8, 4) is 0 Å². The molecule has 1 aromatic carbocycles. The van der Waals surface area contributed by atoms with Gasteiger partial charge in [-0.15, -0.1) is 11.3 Å². The lowest BCUT2D eigenvalue weighted by Crippen LogP contribution is -2.47. The van der Waals surface area contributed by atoms with E-state index in [0.29, 0.717) is 0 Å². The molecular formula is C14H16BrN5S. The minimum atomic E-state index is 0.105. The highest BCUT2D eigenvalue weighted by atomic mass is 79.9. The predicted octanol–water partition coefficient (Wildman–Crippen LogP) is 2.52. The second kappa shape index (κ2) is 6.03. The highest BCUT2D eigenvalue weighted by Gasteiger charge is 2.21. The topological polar surface area (TPSA) is 69.2 Å². The quantitative estimate of drug-likeness (QED) is 0.647. The number of nitrogens with zero attached hydrogens (tertiary/aromatic N) is 3. The molecule has 7 heteroatoms. The summed E-state index contributed by atoms with van der Waals surface area (Å²) in [5, 5.41) is 10.8. The van der Waals surface area contributed by atoms with Gasteiger partial charge in [0.15, 0.2) is 5.13 Å². The van der Waals surface area contributed by atoms with E-state index >= 15 is 0 Å². The van der Waals surface area contributed by atoms with Gasteiger partial charge in [-0.25, -0.2) is 4.98 Å². The van der Waals surface area contributed by atoms with Crippen LogP contribution in [-0.2, 0) is 0 Å². The van der Waals surface area contributed by atoms with Gasteiger partial charge in [0.2, 0.25) is 0 Å². The maximum absolute atomic E-state index is 7.76. The van der Waals surface area contributed by atoms with Crippen LogP contribution in [0.25, 0.3) is 0 Å². The van der Waals surface area contributed by atoms with E-state index in [0.717, 1.165) is 47.0 Å². The Balaban J connectivity index is 1.76. The number of benzene rings is 1. The molecule has 0 spiro atoms. The number of nitrogens with one attached hydrogen (secondary N) is 1. The van der Waals surface area contributed by atoms with Crippen molar-refractivity contribution in [2.75, 3.05) is 36.0 Å². The molecule has 0 atom stereocenters. The molecule has 1 aliphatic rings. The van der Waals surface area contributed by atoms with E-state index in [4.69, 9.17) is 11.1 Å². The molecule has 0 amide bonds. The Hall–Kier alpha value is -1.60. The van der Waals surface area contributed by atoms with Gasteiger partial charge in [-0.3, -0.25) is 5.41 Å². The van der Waals surface area contributed by atoms with E-state index in [2.05, 4.69) is 30.7 Å². The Morgan fingerprint density at radius 2 is 1.95 bits per heavy atom. The molecule has 0 unspecified atom stereocenters. The summed E-state index contributed by atoms with van der Waals surface area (Å²) in [5.74, 6) is 0.105. The number of halogens is 1. The first-order chi connectivity index (χ1) is 10.1. The third-order valence-electron chi connectivity index (χ3n) is 3.56. The van der Waals surface area contributed by atoms with Gasteiger partial charge in [0.05, 0.1) is 0 Å². The van der Waals surface area contributed by atoms with E-state index in [1.165, 1.54) is 0 Å². The molecule has 1 saturated heterocycles. The van der Waals surface area contributed by atoms with Gasteiger partial charge in [0.25, 0.3) is 0 Å². The van der Waals surface area contributed by atoms with Gasteiger partial charge in [-0.2, -0.15) is 0 Å². The third-order valence-corrected chi connectivity index (χ3v) is 4.88. The molecule has 5 nitrogen and oxygen atoms in total. The zero-order chi connectivity index (χ0) is 14.8. The number of nitrogen functional groups attached to an aromatic ring is 1. The number of hydrogen-bond donors (Lipinski definition) is 2. The summed E-state index contributed by atoms with van der Waals surface area (Å²) >= 11 is 5.11. The van der Waals surface area contributed by atoms with Gasteiger partial charge in [0.1, 0.15) is 5.84 Å². The fourth-order valence-corrected chi connectivity index (χ4v) is 3.57. The van der Waals surface area contributed by atoms with E-state index in [1.807, 2.05) is 29.8 Å². The molecular weight excluding hydrogens is 350 g/mol. The van der Waals surface area contributed by atoms with Gasteiger partial charge in [-0.05, 0) is 18.2 Å². The average Bonchev–Trinajstić information content (AvgIpc) is 3.01. The molecule has 0 aliphatic carbocycles. The summed E-state index contributed by atoms with van der Waals surface area (Å²) in [6.07, 6.45) is 1.84. The number of amidine groups is 1. The largest absolute Gasteiger partial charge is 0.384 e. The SMILES string of the molecule is N=C(N)c1cc(Br)ccc1N1CCN(c2nccs2)CC1. The summed E-state index contributed by atoms with van der Waals surface area (Å²) < 4.78 is 0.942. The zero-order valence-electron chi connectivity index (χ0n) is 11.4. The van der Waals surface area contributed by atoms with Crippen molar-refractivity contribution >= 4 is 43.9 Å². The molecule has 0 radical (unpaired) electrons. The molecule has 1 aliphatic heterocycles. The van der Waals surface area contributed by atoms with Crippen molar-refractivity contribution < 1.29 is 0 Å². The zero-order valence-corrected chi connectivity index (χ0v) is 13.8. The van der Waals surface area contributed by atoms with Crippen LogP contribution in [0, 0.1) is 5.41 Å². The number of thiazole rings is 1. The number of anilines is 2. The Morgan fingerprint density at radius 1 is 1.24 bits per heavy atom. The number of piperazine rings is 1. The highest BCUT2D eigenvalue weighted by molar-refractivity contribution is 9.10. The molecule has 110 valence electrons.